The third kappa shape index (κ3) is 1.92. The smallest absolute Gasteiger partial charge is 0.129 e. The quantitative estimate of drug-likeness (QED) is 0.895. The molecule has 1 atom stereocenters. The van der Waals surface area contributed by atoms with Gasteiger partial charge in [0, 0.05) is 18.7 Å². The zero-order valence-electron chi connectivity index (χ0n) is 10.4. The second-order valence-corrected chi connectivity index (χ2v) is 4.54. The van der Waals surface area contributed by atoms with Gasteiger partial charge >= 0.3 is 0 Å². The van der Waals surface area contributed by atoms with Gasteiger partial charge in [0.1, 0.15) is 11.6 Å². The highest BCUT2D eigenvalue weighted by Crippen LogP contribution is 2.33. The van der Waals surface area contributed by atoms with Crippen molar-refractivity contribution in [2.75, 3.05) is 19.0 Å². The van der Waals surface area contributed by atoms with E-state index in [2.05, 4.69) is 28.5 Å². The Bertz CT molecular complexity index is 554. The van der Waals surface area contributed by atoms with E-state index in [1.807, 2.05) is 24.4 Å². The maximum absolute atomic E-state index is 5.41. The van der Waals surface area contributed by atoms with Gasteiger partial charge in [-0.15, -0.1) is 0 Å². The Balaban J connectivity index is 1.86. The number of benzene rings is 1. The van der Waals surface area contributed by atoms with E-state index in [0.717, 1.165) is 24.5 Å². The first-order chi connectivity index (χ1) is 8.88. The largest absolute Gasteiger partial charge is 0.496 e. The van der Waals surface area contributed by atoms with E-state index < -0.39 is 0 Å². The molecule has 1 unspecified atom stereocenters. The van der Waals surface area contributed by atoms with Crippen molar-refractivity contribution in [3.8, 4) is 5.75 Å². The molecule has 1 aromatic heterocycles. The van der Waals surface area contributed by atoms with Gasteiger partial charge in [-0.25, -0.2) is 4.98 Å². The van der Waals surface area contributed by atoms with Gasteiger partial charge in [0.15, 0.2) is 0 Å². The fourth-order valence-corrected chi connectivity index (χ4v) is 2.54. The van der Waals surface area contributed by atoms with Crippen LogP contribution in [0.4, 0.5) is 5.82 Å². The summed E-state index contributed by atoms with van der Waals surface area (Å²) in [6, 6.07) is 12.4. The number of aromatic nitrogens is 1. The summed E-state index contributed by atoms with van der Waals surface area (Å²) in [6.07, 6.45) is 2.81. The van der Waals surface area contributed by atoms with Crippen molar-refractivity contribution in [1.82, 2.24) is 4.98 Å². The Morgan fingerprint density at radius 1 is 1.28 bits per heavy atom. The minimum atomic E-state index is 0.477. The first kappa shape index (κ1) is 11.1. The van der Waals surface area contributed by atoms with E-state index in [1.54, 1.807) is 7.11 Å². The summed E-state index contributed by atoms with van der Waals surface area (Å²) in [5, 5.41) is 3.36. The Hall–Kier alpha value is -2.03. The second-order valence-electron chi connectivity index (χ2n) is 4.54. The summed E-state index contributed by atoms with van der Waals surface area (Å²) in [5.74, 6) is 2.47. The molecule has 1 N–H and O–H groups in total. The molecule has 1 aliphatic rings. The van der Waals surface area contributed by atoms with Crippen LogP contribution in [0.1, 0.15) is 17.0 Å². The molecule has 2 heterocycles. The van der Waals surface area contributed by atoms with Gasteiger partial charge in [-0.3, -0.25) is 0 Å². The van der Waals surface area contributed by atoms with Crippen LogP contribution < -0.4 is 10.1 Å². The summed E-state index contributed by atoms with van der Waals surface area (Å²) in [6.45, 7) is 0.949. The van der Waals surface area contributed by atoms with Crippen molar-refractivity contribution in [2.24, 2.45) is 0 Å². The van der Waals surface area contributed by atoms with Crippen LogP contribution in [0.25, 0.3) is 0 Å². The minimum absolute atomic E-state index is 0.477. The normalized spacial score (nSPS) is 17.1. The maximum atomic E-state index is 5.41. The third-order valence-electron chi connectivity index (χ3n) is 3.45. The van der Waals surface area contributed by atoms with Crippen LogP contribution in [0.3, 0.4) is 0 Å². The predicted octanol–water partition coefficient (Wildman–Crippen LogP) is 2.84. The van der Waals surface area contributed by atoms with Gasteiger partial charge in [-0.1, -0.05) is 24.3 Å². The number of rotatable bonds is 3. The van der Waals surface area contributed by atoms with Gasteiger partial charge in [0.2, 0.25) is 0 Å². The number of ether oxygens (including phenoxy) is 1. The lowest BCUT2D eigenvalue weighted by Gasteiger charge is -2.13. The predicted molar refractivity (Wildman–Crippen MR) is 72.2 cm³/mol. The van der Waals surface area contributed by atoms with E-state index in [0.29, 0.717) is 5.92 Å². The molecule has 0 aliphatic carbocycles. The van der Waals surface area contributed by atoms with Crippen molar-refractivity contribution in [1.29, 1.82) is 0 Å². The summed E-state index contributed by atoms with van der Waals surface area (Å²) in [7, 11) is 1.72. The molecule has 0 saturated heterocycles. The standard InChI is InChI=1S/C15H16N2O/c1-18-14-7-3-2-5-11(14)9-12-10-17-15-13(12)6-4-8-16-15/h2-8,12H,9-10H2,1H3,(H,16,17). The van der Waals surface area contributed by atoms with Crippen molar-refractivity contribution < 1.29 is 4.74 Å². The highest BCUT2D eigenvalue weighted by atomic mass is 16.5. The number of methoxy groups -OCH3 is 1. The average Bonchev–Trinajstić information content (AvgIpc) is 2.83. The molecule has 1 aromatic carbocycles. The molecule has 3 nitrogen and oxygen atoms in total. The SMILES string of the molecule is COc1ccccc1CC1CNc2ncccc21. The Labute approximate surface area is 107 Å². The lowest BCUT2D eigenvalue weighted by molar-refractivity contribution is 0.408. The molecule has 2 aromatic rings. The molecule has 18 heavy (non-hydrogen) atoms. The van der Waals surface area contributed by atoms with Crippen LogP contribution in [0.2, 0.25) is 0 Å². The van der Waals surface area contributed by atoms with E-state index in [4.69, 9.17) is 4.74 Å². The van der Waals surface area contributed by atoms with Gasteiger partial charge in [0.05, 0.1) is 7.11 Å². The van der Waals surface area contributed by atoms with Gasteiger partial charge < -0.3 is 10.1 Å². The van der Waals surface area contributed by atoms with E-state index in [-0.39, 0.29) is 0 Å². The van der Waals surface area contributed by atoms with Crippen molar-refractivity contribution in [3.63, 3.8) is 0 Å². The number of nitrogens with zero attached hydrogens (tertiary/aromatic N) is 1. The zero-order chi connectivity index (χ0) is 12.4. The molecule has 1 aliphatic heterocycles. The van der Waals surface area contributed by atoms with Gasteiger partial charge in [0.25, 0.3) is 0 Å². The molecule has 0 amide bonds. The van der Waals surface area contributed by atoms with Crippen LogP contribution in [-0.2, 0) is 6.42 Å². The molecule has 3 heteroatoms. The summed E-state index contributed by atoms with van der Waals surface area (Å²) < 4.78 is 5.41. The number of anilines is 1. The molecular weight excluding hydrogens is 224 g/mol. The molecular formula is C15H16N2O. The highest BCUT2D eigenvalue weighted by Gasteiger charge is 2.23. The third-order valence-corrected chi connectivity index (χ3v) is 3.45. The lowest BCUT2D eigenvalue weighted by Crippen LogP contribution is -2.06. The van der Waals surface area contributed by atoms with Crippen molar-refractivity contribution in [3.05, 3.63) is 53.7 Å². The van der Waals surface area contributed by atoms with Crippen molar-refractivity contribution >= 4 is 5.82 Å². The molecule has 0 fully saturated rings. The Morgan fingerprint density at radius 2 is 2.17 bits per heavy atom. The zero-order valence-corrected chi connectivity index (χ0v) is 10.4. The Morgan fingerprint density at radius 3 is 3.06 bits per heavy atom. The van der Waals surface area contributed by atoms with E-state index in [9.17, 15) is 0 Å². The summed E-state index contributed by atoms with van der Waals surface area (Å²) in [5.41, 5.74) is 2.56. The van der Waals surface area contributed by atoms with E-state index >= 15 is 0 Å². The fourth-order valence-electron chi connectivity index (χ4n) is 2.54. The van der Waals surface area contributed by atoms with Crippen LogP contribution >= 0.6 is 0 Å². The lowest BCUT2D eigenvalue weighted by atomic mass is 9.94. The van der Waals surface area contributed by atoms with Crippen LogP contribution in [0.15, 0.2) is 42.6 Å². The number of nitrogens with one attached hydrogen (secondary N) is 1. The maximum Gasteiger partial charge on any atom is 0.129 e. The van der Waals surface area contributed by atoms with Crippen molar-refractivity contribution in [2.45, 2.75) is 12.3 Å². The number of pyridine rings is 1. The molecule has 0 radical (unpaired) electrons. The topological polar surface area (TPSA) is 34.1 Å². The fraction of sp³-hybridized carbons (Fsp3) is 0.267. The average molecular weight is 240 g/mol. The van der Waals surface area contributed by atoms with Crippen LogP contribution in [0, 0.1) is 0 Å². The second kappa shape index (κ2) is 4.69. The van der Waals surface area contributed by atoms with Crippen LogP contribution in [-0.4, -0.2) is 18.6 Å². The van der Waals surface area contributed by atoms with E-state index in [1.165, 1.54) is 11.1 Å². The highest BCUT2D eigenvalue weighted by molar-refractivity contribution is 5.52. The minimum Gasteiger partial charge on any atom is -0.496 e. The first-order valence-electron chi connectivity index (χ1n) is 6.19. The summed E-state index contributed by atoms with van der Waals surface area (Å²) in [4.78, 5) is 4.35. The Kier molecular flexibility index (Phi) is 2.89. The monoisotopic (exact) mass is 240 g/mol. The first-order valence-corrected chi connectivity index (χ1v) is 6.19. The van der Waals surface area contributed by atoms with Crippen LogP contribution in [0.5, 0.6) is 5.75 Å². The van der Waals surface area contributed by atoms with Gasteiger partial charge in [-0.05, 0) is 29.7 Å². The molecule has 0 bridgehead atoms. The molecule has 0 saturated carbocycles. The number of hydrogen-bond donors (Lipinski definition) is 1. The molecule has 92 valence electrons. The summed E-state index contributed by atoms with van der Waals surface area (Å²) >= 11 is 0. The number of fused-ring (bicyclic) bond motifs is 1. The van der Waals surface area contributed by atoms with Gasteiger partial charge in [-0.2, -0.15) is 0 Å². The molecule has 3 rings (SSSR count). The number of hydrogen-bond acceptors (Lipinski definition) is 3. The molecule has 0 spiro atoms. The number of para-hydroxylation sites is 1.